The number of nitrogen functional groups attached to an aromatic ring is 1. The molecule has 2 unspecified atom stereocenters. The lowest BCUT2D eigenvalue weighted by Crippen LogP contribution is -2.33. The molecule has 1 aromatic carbocycles. The Hall–Kier alpha value is -1.47. The summed E-state index contributed by atoms with van der Waals surface area (Å²) in [7, 11) is 0. The average molecular weight is 330 g/mol. The number of nitro groups is 1. The monoisotopic (exact) mass is 329 g/mol. The number of amides is 1. The standard InChI is InChI=1S/C13H16ClN3O3S/c1-21-9-3-2-8(6-9)16-13(18)7-4-10(14)12(15)11(5-7)17(19)20/h4-5,8-9H,2-3,6,15H2,1H3,(H,16,18). The van der Waals surface area contributed by atoms with Crippen LogP contribution in [0.3, 0.4) is 0 Å². The fourth-order valence-electron chi connectivity index (χ4n) is 2.44. The van der Waals surface area contributed by atoms with Crippen molar-refractivity contribution in [2.45, 2.75) is 30.6 Å². The molecule has 0 radical (unpaired) electrons. The SMILES string of the molecule is CSC1CCC(NC(=O)c2cc(Cl)c(N)c([N+](=O)[O-])c2)C1. The highest BCUT2D eigenvalue weighted by molar-refractivity contribution is 7.99. The van der Waals surface area contributed by atoms with Crippen LogP contribution in [0.2, 0.25) is 5.02 Å². The minimum Gasteiger partial charge on any atom is -0.392 e. The van der Waals surface area contributed by atoms with Gasteiger partial charge in [-0.1, -0.05) is 11.6 Å². The Balaban J connectivity index is 2.14. The van der Waals surface area contributed by atoms with Crippen molar-refractivity contribution in [2.24, 2.45) is 0 Å². The van der Waals surface area contributed by atoms with Crippen LogP contribution in [0.15, 0.2) is 12.1 Å². The molecule has 1 aromatic rings. The molecule has 1 saturated carbocycles. The number of nitro benzene ring substituents is 1. The number of anilines is 1. The molecule has 1 amide bonds. The number of carbonyl (C=O) groups excluding carboxylic acids is 1. The lowest BCUT2D eigenvalue weighted by molar-refractivity contribution is -0.383. The van der Waals surface area contributed by atoms with Gasteiger partial charge in [-0.3, -0.25) is 14.9 Å². The van der Waals surface area contributed by atoms with Crippen molar-refractivity contribution in [3.8, 4) is 0 Å². The van der Waals surface area contributed by atoms with Gasteiger partial charge < -0.3 is 11.1 Å². The molecule has 1 aliphatic carbocycles. The van der Waals surface area contributed by atoms with Gasteiger partial charge in [0.1, 0.15) is 5.69 Å². The highest BCUT2D eigenvalue weighted by Gasteiger charge is 2.26. The molecule has 6 nitrogen and oxygen atoms in total. The number of carbonyl (C=O) groups is 1. The Bertz CT molecular complexity index is 582. The average Bonchev–Trinajstić information content (AvgIpc) is 2.88. The van der Waals surface area contributed by atoms with E-state index in [-0.39, 0.29) is 33.9 Å². The minimum absolute atomic E-state index is 0.0164. The van der Waals surface area contributed by atoms with Crippen molar-refractivity contribution in [1.82, 2.24) is 5.32 Å². The Morgan fingerprint density at radius 3 is 2.81 bits per heavy atom. The third-order valence-corrected chi connectivity index (χ3v) is 5.03. The number of benzene rings is 1. The van der Waals surface area contributed by atoms with E-state index in [0.29, 0.717) is 5.25 Å². The number of nitrogens with zero attached hydrogens (tertiary/aromatic N) is 1. The number of hydrogen-bond acceptors (Lipinski definition) is 5. The summed E-state index contributed by atoms with van der Waals surface area (Å²) in [5.74, 6) is -0.355. The van der Waals surface area contributed by atoms with Crippen molar-refractivity contribution < 1.29 is 9.72 Å². The van der Waals surface area contributed by atoms with E-state index in [2.05, 4.69) is 11.6 Å². The summed E-state index contributed by atoms with van der Waals surface area (Å²) in [5, 5.41) is 14.4. The van der Waals surface area contributed by atoms with E-state index in [1.165, 1.54) is 6.07 Å². The molecule has 2 atom stereocenters. The smallest absolute Gasteiger partial charge is 0.294 e. The van der Waals surface area contributed by atoms with Crippen LogP contribution in [0.5, 0.6) is 0 Å². The highest BCUT2D eigenvalue weighted by atomic mass is 35.5. The molecule has 0 spiro atoms. The number of nitrogens with two attached hydrogens (primary N) is 1. The second kappa shape index (κ2) is 6.53. The summed E-state index contributed by atoms with van der Waals surface area (Å²) in [4.78, 5) is 22.5. The van der Waals surface area contributed by atoms with Crippen molar-refractivity contribution >= 4 is 40.6 Å². The molecule has 21 heavy (non-hydrogen) atoms. The van der Waals surface area contributed by atoms with E-state index < -0.39 is 4.92 Å². The molecule has 0 bridgehead atoms. The van der Waals surface area contributed by atoms with Gasteiger partial charge >= 0.3 is 0 Å². The summed E-state index contributed by atoms with van der Waals surface area (Å²) in [6.45, 7) is 0. The largest absolute Gasteiger partial charge is 0.392 e. The Morgan fingerprint density at radius 1 is 1.52 bits per heavy atom. The first-order valence-corrected chi connectivity index (χ1v) is 8.16. The normalized spacial score (nSPS) is 21.2. The molecule has 1 fully saturated rings. The first-order valence-electron chi connectivity index (χ1n) is 6.49. The van der Waals surface area contributed by atoms with Crippen LogP contribution in [0.25, 0.3) is 0 Å². The van der Waals surface area contributed by atoms with Crippen LogP contribution in [0.4, 0.5) is 11.4 Å². The lowest BCUT2D eigenvalue weighted by Gasteiger charge is -2.13. The van der Waals surface area contributed by atoms with Gasteiger partial charge in [0.25, 0.3) is 11.6 Å². The maximum absolute atomic E-state index is 12.2. The topological polar surface area (TPSA) is 98.3 Å². The second-order valence-corrected chi connectivity index (χ2v) is 6.53. The van der Waals surface area contributed by atoms with E-state index >= 15 is 0 Å². The van der Waals surface area contributed by atoms with Gasteiger partial charge in [0, 0.05) is 22.9 Å². The first-order chi connectivity index (χ1) is 9.92. The van der Waals surface area contributed by atoms with Gasteiger partial charge in [0.2, 0.25) is 0 Å². The van der Waals surface area contributed by atoms with Crippen LogP contribution in [0.1, 0.15) is 29.6 Å². The number of halogens is 1. The third kappa shape index (κ3) is 3.59. The quantitative estimate of drug-likeness (QED) is 0.503. The minimum atomic E-state index is -0.642. The maximum atomic E-state index is 12.2. The molecule has 0 aliphatic heterocycles. The molecular formula is C13H16ClN3O3S. The maximum Gasteiger partial charge on any atom is 0.294 e. The molecule has 2 rings (SSSR count). The van der Waals surface area contributed by atoms with E-state index in [1.54, 1.807) is 11.8 Å². The van der Waals surface area contributed by atoms with Crippen LogP contribution in [-0.2, 0) is 0 Å². The number of thioether (sulfide) groups is 1. The lowest BCUT2D eigenvalue weighted by atomic mass is 10.1. The van der Waals surface area contributed by atoms with E-state index in [9.17, 15) is 14.9 Å². The number of nitrogens with one attached hydrogen (secondary N) is 1. The molecule has 0 saturated heterocycles. The summed E-state index contributed by atoms with van der Waals surface area (Å²) < 4.78 is 0. The predicted octanol–water partition coefficient (Wildman–Crippen LogP) is 2.84. The summed E-state index contributed by atoms with van der Waals surface area (Å²) in [5.41, 5.74) is 5.24. The molecule has 0 aromatic heterocycles. The summed E-state index contributed by atoms with van der Waals surface area (Å²) >= 11 is 7.65. The Kier molecular flexibility index (Phi) is 4.95. The van der Waals surface area contributed by atoms with Gasteiger partial charge in [-0.25, -0.2) is 0 Å². The predicted molar refractivity (Wildman–Crippen MR) is 84.9 cm³/mol. The molecule has 8 heteroatoms. The van der Waals surface area contributed by atoms with Gasteiger partial charge in [-0.05, 0) is 31.6 Å². The second-order valence-electron chi connectivity index (χ2n) is 4.99. The zero-order valence-corrected chi connectivity index (χ0v) is 13.0. The van der Waals surface area contributed by atoms with Crippen molar-refractivity contribution in [2.75, 3.05) is 12.0 Å². The van der Waals surface area contributed by atoms with Crippen LogP contribution < -0.4 is 11.1 Å². The Labute approximate surface area is 131 Å². The number of rotatable bonds is 4. The van der Waals surface area contributed by atoms with Gasteiger partial charge in [0.15, 0.2) is 0 Å². The molecule has 0 heterocycles. The van der Waals surface area contributed by atoms with Crippen LogP contribution in [0, 0.1) is 10.1 Å². The van der Waals surface area contributed by atoms with Crippen molar-refractivity contribution in [3.63, 3.8) is 0 Å². The molecule has 114 valence electrons. The Morgan fingerprint density at radius 2 is 2.24 bits per heavy atom. The molecule has 1 aliphatic rings. The third-order valence-electron chi connectivity index (χ3n) is 3.62. The van der Waals surface area contributed by atoms with Crippen LogP contribution >= 0.6 is 23.4 Å². The van der Waals surface area contributed by atoms with Crippen LogP contribution in [-0.4, -0.2) is 28.4 Å². The van der Waals surface area contributed by atoms with Gasteiger partial charge in [-0.15, -0.1) is 0 Å². The fraction of sp³-hybridized carbons (Fsp3) is 0.462. The van der Waals surface area contributed by atoms with Crippen molar-refractivity contribution in [3.05, 3.63) is 32.8 Å². The van der Waals surface area contributed by atoms with E-state index in [4.69, 9.17) is 17.3 Å². The highest BCUT2D eigenvalue weighted by Crippen LogP contribution is 2.32. The van der Waals surface area contributed by atoms with Gasteiger partial charge in [-0.2, -0.15) is 11.8 Å². The van der Waals surface area contributed by atoms with E-state index in [0.717, 1.165) is 25.3 Å². The van der Waals surface area contributed by atoms with Crippen molar-refractivity contribution in [1.29, 1.82) is 0 Å². The van der Waals surface area contributed by atoms with E-state index in [1.807, 2.05) is 0 Å². The molecule has 3 N–H and O–H groups in total. The fourth-order valence-corrected chi connectivity index (χ4v) is 3.45. The van der Waals surface area contributed by atoms with Gasteiger partial charge in [0.05, 0.1) is 9.95 Å². The summed E-state index contributed by atoms with van der Waals surface area (Å²) in [6, 6.07) is 2.63. The first kappa shape index (κ1) is 15.9. The summed E-state index contributed by atoms with van der Waals surface area (Å²) in [6.07, 6.45) is 4.95. The number of hydrogen-bond donors (Lipinski definition) is 2. The molecular weight excluding hydrogens is 314 g/mol. The zero-order chi connectivity index (χ0) is 15.6. The zero-order valence-electron chi connectivity index (χ0n) is 11.5.